The number of nitrogens with zero attached hydrogens (tertiary/aromatic N) is 1. The van der Waals surface area contributed by atoms with Crippen molar-refractivity contribution in [1.29, 1.82) is 0 Å². The van der Waals surface area contributed by atoms with Gasteiger partial charge in [0, 0.05) is 12.7 Å². The Bertz CT molecular complexity index is 286. The molecule has 0 aliphatic carbocycles. The molecule has 3 nitrogen and oxygen atoms in total. The number of nitrogens with one attached hydrogen (secondary N) is 1. The molecule has 1 N–H and O–H groups in total. The van der Waals surface area contributed by atoms with E-state index in [0.29, 0.717) is 17.2 Å². The highest BCUT2D eigenvalue weighted by Crippen LogP contribution is 2.19. The van der Waals surface area contributed by atoms with Crippen LogP contribution in [-0.2, 0) is 11.3 Å². The van der Waals surface area contributed by atoms with E-state index in [1.807, 2.05) is 0 Å². The van der Waals surface area contributed by atoms with E-state index < -0.39 is 0 Å². The van der Waals surface area contributed by atoms with Gasteiger partial charge in [-0.3, -0.25) is 0 Å². The summed E-state index contributed by atoms with van der Waals surface area (Å²) in [4.78, 5) is 5.07. The molecule has 0 aromatic carbocycles. The zero-order valence-electron chi connectivity index (χ0n) is 7.83. The molecule has 14 heavy (non-hydrogen) atoms. The molecule has 1 unspecified atom stereocenters. The van der Waals surface area contributed by atoms with Crippen molar-refractivity contribution >= 4 is 22.9 Å². The fourth-order valence-electron chi connectivity index (χ4n) is 1.51. The smallest absolute Gasteiger partial charge is 0.183 e. The second kappa shape index (κ2) is 5.07. The maximum Gasteiger partial charge on any atom is 0.183 e. The minimum absolute atomic E-state index is 0.352. The number of halogens is 1. The van der Waals surface area contributed by atoms with Gasteiger partial charge in [0.05, 0.1) is 17.6 Å². The van der Waals surface area contributed by atoms with Gasteiger partial charge in [0.2, 0.25) is 0 Å². The number of rotatable bonds is 3. The van der Waals surface area contributed by atoms with Crippen LogP contribution >= 0.6 is 22.9 Å². The van der Waals surface area contributed by atoms with Crippen LogP contribution in [0.1, 0.15) is 17.7 Å². The second-order valence-electron chi connectivity index (χ2n) is 3.36. The van der Waals surface area contributed by atoms with Gasteiger partial charge < -0.3 is 10.1 Å². The van der Waals surface area contributed by atoms with Gasteiger partial charge in [-0.1, -0.05) is 11.6 Å². The third kappa shape index (κ3) is 2.92. The Morgan fingerprint density at radius 2 is 2.64 bits per heavy atom. The molecule has 1 atom stereocenters. The van der Waals surface area contributed by atoms with E-state index in [1.165, 1.54) is 17.8 Å². The van der Waals surface area contributed by atoms with Crippen LogP contribution < -0.4 is 5.32 Å². The average molecular weight is 233 g/mol. The molecule has 0 spiro atoms. The van der Waals surface area contributed by atoms with Crippen LogP contribution in [-0.4, -0.2) is 24.2 Å². The Kier molecular flexibility index (Phi) is 3.75. The van der Waals surface area contributed by atoms with Gasteiger partial charge in [-0.25, -0.2) is 4.98 Å². The van der Waals surface area contributed by atoms with Crippen LogP contribution in [0.15, 0.2) is 6.20 Å². The summed E-state index contributed by atoms with van der Waals surface area (Å²) in [5, 5.41) is 3.31. The topological polar surface area (TPSA) is 34.1 Å². The van der Waals surface area contributed by atoms with Gasteiger partial charge in [0.1, 0.15) is 0 Å². The first kappa shape index (κ1) is 10.4. The fourth-order valence-corrected chi connectivity index (χ4v) is 2.41. The monoisotopic (exact) mass is 232 g/mol. The number of hydrogen-bond acceptors (Lipinski definition) is 4. The van der Waals surface area contributed by atoms with E-state index >= 15 is 0 Å². The highest BCUT2D eigenvalue weighted by Gasteiger charge is 2.13. The number of piperidine rings is 1. The maximum absolute atomic E-state index is 5.73. The first-order valence-electron chi connectivity index (χ1n) is 4.77. The van der Waals surface area contributed by atoms with Gasteiger partial charge in [-0.15, -0.1) is 11.3 Å². The molecule has 5 heteroatoms. The Morgan fingerprint density at radius 3 is 3.29 bits per heavy atom. The van der Waals surface area contributed by atoms with E-state index in [9.17, 15) is 0 Å². The summed E-state index contributed by atoms with van der Waals surface area (Å²) in [5.74, 6) is 0. The lowest BCUT2D eigenvalue weighted by atomic mass is 10.1. The third-order valence-corrected chi connectivity index (χ3v) is 3.33. The van der Waals surface area contributed by atoms with Gasteiger partial charge in [-0.2, -0.15) is 0 Å². The van der Waals surface area contributed by atoms with Crippen LogP contribution in [0.2, 0.25) is 4.47 Å². The standard InChI is InChI=1S/C9H13ClN2OS/c10-9-12-5-8(14-9)6-13-7-2-1-3-11-4-7/h5,7,11H,1-4,6H2. The van der Waals surface area contributed by atoms with Crippen molar-refractivity contribution in [2.24, 2.45) is 0 Å². The molecule has 0 amide bonds. The van der Waals surface area contributed by atoms with Crippen LogP contribution in [0.3, 0.4) is 0 Å². The van der Waals surface area contributed by atoms with Crippen molar-refractivity contribution in [3.8, 4) is 0 Å². The van der Waals surface area contributed by atoms with Gasteiger partial charge in [0.25, 0.3) is 0 Å². The zero-order valence-corrected chi connectivity index (χ0v) is 9.40. The van der Waals surface area contributed by atoms with E-state index in [2.05, 4.69) is 10.3 Å². The van der Waals surface area contributed by atoms with Crippen molar-refractivity contribution in [1.82, 2.24) is 10.3 Å². The second-order valence-corrected chi connectivity index (χ2v) is 5.06. The van der Waals surface area contributed by atoms with E-state index in [1.54, 1.807) is 6.20 Å². The van der Waals surface area contributed by atoms with Crippen molar-refractivity contribution in [3.63, 3.8) is 0 Å². The lowest BCUT2D eigenvalue weighted by molar-refractivity contribution is 0.0266. The number of ether oxygens (including phenoxy) is 1. The first-order valence-corrected chi connectivity index (χ1v) is 5.96. The number of hydrogen-bond donors (Lipinski definition) is 1. The molecule has 1 aromatic heterocycles. The summed E-state index contributed by atoms with van der Waals surface area (Å²) in [6.07, 6.45) is 4.49. The summed E-state index contributed by atoms with van der Waals surface area (Å²) in [5.41, 5.74) is 0. The van der Waals surface area contributed by atoms with E-state index in [0.717, 1.165) is 24.4 Å². The van der Waals surface area contributed by atoms with Crippen molar-refractivity contribution in [3.05, 3.63) is 15.5 Å². The lowest BCUT2D eigenvalue weighted by Crippen LogP contribution is -2.35. The molecule has 78 valence electrons. The molecular weight excluding hydrogens is 220 g/mol. The fraction of sp³-hybridized carbons (Fsp3) is 0.667. The van der Waals surface area contributed by atoms with Crippen LogP contribution in [0.5, 0.6) is 0 Å². The largest absolute Gasteiger partial charge is 0.371 e. The third-order valence-electron chi connectivity index (χ3n) is 2.24. The minimum atomic E-state index is 0.352. The molecule has 0 radical (unpaired) electrons. The number of thiazole rings is 1. The molecule has 1 saturated heterocycles. The maximum atomic E-state index is 5.73. The quantitative estimate of drug-likeness (QED) is 0.867. The Hall–Kier alpha value is -0.160. The van der Waals surface area contributed by atoms with Crippen LogP contribution in [0.4, 0.5) is 0 Å². The molecular formula is C9H13ClN2OS. The minimum Gasteiger partial charge on any atom is -0.371 e. The van der Waals surface area contributed by atoms with Crippen LogP contribution in [0.25, 0.3) is 0 Å². The Labute approximate surface area is 92.4 Å². The molecule has 1 aliphatic heterocycles. The van der Waals surface area contributed by atoms with Crippen molar-refractivity contribution in [2.75, 3.05) is 13.1 Å². The Balaban J connectivity index is 1.76. The first-order chi connectivity index (χ1) is 6.84. The van der Waals surface area contributed by atoms with Gasteiger partial charge in [0.15, 0.2) is 4.47 Å². The van der Waals surface area contributed by atoms with E-state index in [-0.39, 0.29) is 0 Å². The van der Waals surface area contributed by atoms with Crippen molar-refractivity contribution in [2.45, 2.75) is 25.6 Å². The summed E-state index contributed by atoms with van der Waals surface area (Å²) in [6.45, 7) is 2.72. The molecule has 0 saturated carbocycles. The molecule has 2 heterocycles. The Morgan fingerprint density at radius 1 is 1.71 bits per heavy atom. The van der Waals surface area contributed by atoms with Crippen molar-refractivity contribution < 1.29 is 4.74 Å². The summed E-state index contributed by atoms with van der Waals surface area (Å²) < 4.78 is 6.32. The highest BCUT2D eigenvalue weighted by molar-refractivity contribution is 7.15. The molecule has 0 bridgehead atoms. The predicted octanol–water partition coefficient (Wildman–Crippen LogP) is 2.07. The van der Waals surface area contributed by atoms with E-state index in [4.69, 9.17) is 16.3 Å². The summed E-state index contributed by atoms with van der Waals surface area (Å²) >= 11 is 7.21. The molecule has 1 aromatic rings. The van der Waals surface area contributed by atoms with Gasteiger partial charge >= 0.3 is 0 Å². The highest BCUT2D eigenvalue weighted by atomic mass is 35.5. The SMILES string of the molecule is Clc1ncc(COC2CCCNC2)s1. The summed E-state index contributed by atoms with van der Waals surface area (Å²) in [6, 6.07) is 0. The average Bonchev–Trinajstić information content (AvgIpc) is 2.63. The lowest BCUT2D eigenvalue weighted by Gasteiger charge is -2.22. The number of aromatic nitrogens is 1. The predicted molar refractivity (Wildman–Crippen MR) is 57.8 cm³/mol. The molecule has 1 aliphatic rings. The molecule has 2 rings (SSSR count). The van der Waals surface area contributed by atoms with Crippen LogP contribution in [0, 0.1) is 0 Å². The molecule has 1 fully saturated rings. The van der Waals surface area contributed by atoms with Gasteiger partial charge in [-0.05, 0) is 19.4 Å². The summed E-state index contributed by atoms with van der Waals surface area (Å²) in [7, 11) is 0. The normalized spacial score (nSPS) is 22.5. The zero-order chi connectivity index (χ0) is 9.80.